The van der Waals surface area contributed by atoms with Crippen molar-refractivity contribution in [1.82, 2.24) is 30.0 Å². The normalized spacial score (nSPS) is 22.5. The molecule has 3 aromatic rings. The molecule has 3 heterocycles. The van der Waals surface area contributed by atoms with Crippen LogP contribution < -0.4 is 0 Å². The van der Waals surface area contributed by atoms with E-state index in [1.165, 1.54) is 32.7 Å². The Morgan fingerprint density at radius 2 is 1.82 bits per heavy atom. The van der Waals surface area contributed by atoms with E-state index in [9.17, 15) is 4.79 Å². The summed E-state index contributed by atoms with van der Waals surface area (Å²) in [5.41, 5.74) is 3.38. The number of piperazine rings is 1. The van der Waals surface area contributed by atoms with Gasteiger partial charge in [0.2, 0.25) is 0 Å². The summed E-state index contributed by atoms with van der Waals surface area (Å²) in [6.07, 6.45) is 9.81. The van der Waals surface area contributed by atoms with Crippen LogP contribution in [0.25, 0.3) is 22.2 Å². The third-order valence-electron chi connectivity index (χ3n) is 7.26. The van der Waals surface area contributed by atoms with E-state index >= 15 is 0 Å². The van der Waals surface area contributed by atoms with Gasteiger partial charge in [-0.1, -0.05) is 6.07 Å². The minimum Gasteiger partial charge on any atom is -0.304 e. The second-order valence-corrected chi connectivity index (χ2v) is 9.66. The van der Waals surface area contributed by atoms with Gasteiger partial charge in [-0.2, -0.15) is 10.2 Å². The van der Waals surface area contributed by atoms with Crippen LogP contribution in [0, 0.1) is 11.8 Å². The number of nitrogens with zero attached hydrogens (tertiary/aromatic N) is 6. The largest absolute Gasteiger partial charge is 0.304 e. The lowest BCUT2D eigenvalue weighted by Gasteiger charge is -2.36. The maximum atomic E-state index is 13.0. The maximum absolute atomic E-state index is 13.0. The first kappa shape index (κ1) is 22.0. The average molecular weight is 445 g/mol. The molecule has 0 spiro atoms. The van der Waals surface area contributed by atoms with E-state index in [1.807, 2.05) is 24.3 Å². The topological polar surface area (TPSA) is 75.1 Å². The molecule has 1 saturated carbocycles. The number of aromatic nitrogens is 4. The van der Waals surface area contributed by atoms with Crippen LogP contribution in [-0.4, -0.2) is 75.5 Å². The Kier molecular flexibility index (Phi) is 6.69. The van der Waals surface area contributed by atoms with E-state index in [0.717, 1.165) is 59.5 Å². The molecule has 1 aromatic carbocycles. The SMILES string of the molecule is CN1CCN(CC2CCC(C(=O)Cc3cc4cc(-c5cnccn5)ccc4nn3)CC2)CC1. The van der Waals surface area contributed by atoms with Crippen molar-refractivity contribution >= 4 is 16.7 Å². The summed E-state index contributed by atoms with van der Waals surface area (Å²) >= 11 is 0. The van der Waals surface area contributed by atoms with Crippen molar-refractivity contribution in [3.63, 3.8) is 0 Å². The molecule has 0 atom stereocenters. The van der Waals surface area contributed by atoms with Gasteiger partial charge in [-0.15, -0.1) is 0 Å². The van der Waals surface area contributed by atoms with E-state index in [0.29, 0.717) is 12.2 Å². The molecule has 2 aromatic heterocycles. The first-order chi connectivity index (χ1) is 16.1. The molecule has 1 aliphatic carbocycles. The fraction of sp³-hybridized carbons (Fsp3) is 0.500. The summed E-state index contributed by atoms with van der Waals surface area (Å²) < 4.78 is 0. The van der Waals surface area contributed by atoms with E-state index in [-0.39, 0.29) is 5.92 Å². The molecule has 0 amide bonds. The standard InChI is InChI=1S/C26H32N6O/c1-31-10-12-32(13-11-31)18-19-2-4-20(5-3-19)26(33)16-23-15-22-14-21(6-7-24(22)30-29-23)25-17-27-8-9-28-25/h6-9,14-15,17,19-20H,2-5,10-13,16,18H2,1H3. The molecule has 5 rings (SSSR count). The van der Waals surface area contributed by atoms with Gasteiger partial charge in [-0.05, 0) is 56.8 Å². The van der Waals surface area contributed by atoms with Crippen LogP contribution in [0.5, 0.6) is 0 Å². The Balaban J connectivity index is 1.18. The van der Waals surface area contributed by atoms with E-state index in [1.54, 1.807) is 18.6 Å². The van der Waals surface area contributed by atoms with Crippen molar-refractivity contribution in [1.29, 1.82) is 0 Å². The average Bonchev–Trinajstić information content (AvgIpc) is 2.86. The molecule has 7 nitrogen and oxygen atoms in total. The van der Waals surface area contributed by atoms with Crippen LogP contribution in [-0.2, 0) is 11.2 Å². The van der Waals surface area contributed by atoms with Crippen molar-refractivity contribution in [3.05, 3.63) is 48.5 Å². The van der Waals surface area contributed by atoms with Gasteiger partial charge < -0.3 is 9.80 Å². The Hall–Kier alpha value is -2.77. The minimum atomic E-state index is 0.164. The molecule has 1 aliphatic heterocycles. The number of Topliss-reactive ketones (excluding diaryl/α,β-unsaturated/α-hetero) is 1. The number of hydrogen-bond acceptors (Lipinski definition) is 7. The van der Waals surface area contributed by atoms with Crippen LogP contribution >= 0.6 is 0 Å². The molecule has 2 aliphatic rings. The Morgan fingerprint density at radius 1 is 1.00 bits per heavy atom. The molecule has 7 heteroatoms. The van der Waals surface area contributed by atoms with Crippen molar-refractivity contribution < 1.29 is 4.79 Å². The zero-order valence-corrected chi connectivity index (χ0v) is 19.4. The summed E-state index contributed by atoms with van der Waals surface area (Å²) in [7, 11) is 2.20. The molecule has 172 valence electrons. The lowest BCUT2D eigenvalue weighted by Crippen LogP contribution is -2.46. The Morgan fingerprint density at radius 3 is 2.58 bits per heavy atom. The van der Waals surface area contributed by atoms with E-state index in [4.69, 9.17) is 0 Å². The number of benzene rings is 1. The van der Waals surface area contributed by atoms with Crippen molar-refractivity contribution in [3.8, 4) is 11.3 Å². The van der Waals surface area contributed by atoms with Crippen LogP contribution in [0.4, 0.5) is 0 Å². The van der Waals surface area contributed by atoms with Gasteiger partial charge >= 0.3 is 0 Å². The number of carbonyl (C=O) groups excluding carboxylic acids is 1. The smallest absolute Gasteiger partial charge is 0.141 e. The lowest BCUT2D eigenvalue weighted by molar-refractivity contribution is -0.123. The number of hydrogen-bond donors (Lipinski definition) is 0. The second kappa shape index (κ2) is 10.0. The fourth-order valence-electron chi connectivity index (χ4n) is 5.17. The highest BCUT2D eigenvalue weighted by Gasteiger charge is 2.28. The van der Waals surface area contributed by atoms with Crippen LogP contribution in [0.3, 0.4) is 0 Å². The molecule has 33 heavy (non-hydrogen) atoms. The summed E-state index contributed by atoms with van der Waals surface area (Å²) in [6.45, 7) is 5.88. The van der Waals surface area contributed by atoms with Crippen molar-refractivity contribution in [2.75, 3.05) is 39.8 Å². The lowest BCUT2D eigenvalue weighted by atomic mass is 9.79. The highest BCUT2D eigenvalue weighted by Crippen LogP contribution is 2.31. The first-order valence-corrected chi connectivity index (χ1v) is 12.1. The third-order valence-corrected chi connectivity index (χ3v) is 7.26. The first-order valence-electron chi connectivity index (χ1n) is 12.1. The molecule has 0 N–H and O–H groups in total. The molecule has 0 bridgehead atoms. The zero-order valence-electron chi connectivity index (χ0n) is 19.4. The molecule has 2 fully saturated rings. The number of fused-ring (bicyclic) bond motifs is 1. The van der Waals surface area contributed by atoms with Gasteiger partial charge in [-0.3, -0.25) is 14.8 Å². The highest BCUT2D eigenvalue weighted by atomic mass is 16.1. The van der Waals surface area contributed by atoms with Gasteiger partial charge in [0.15, 0.2) is 0 Å². The van der Waals surface area contributed by atoms with Crippen molar-refractivity contribution in [2.45, 2.75) is 32.1 Å². The minimum absolute atomic E-state index is 0.164. The van der Waals surface area contributed by atoms with E-state index < -0.39 is 0 Å². The number of likely N-dealkylation sites (N-methyl/N-ethyl adjacent to an activating group) is 1. The molecular formula is C26H32N6O. The number of rotatable bonds is 6. The second-order valence-electron chi connectivity index (χ2n) is 9.66. The van der Waals surface area contributed by atoms with Gasteiger partial charge in [0.1, 0.15) is 5.78 Å². The molecule has 1 saturated heterocycles. The van der Waals surface area contributed by atoms with Crippen molar-refractivity contribution in [2.24, 2.45) is 11.8 Å². The van der Waals surface area contributed by atoms with Gasteiger partial charge in [0.25, 0.3) is 0 Å². The fourth-order valence-corrected chi connectivity index (χ4v) is 5.17. The summed E-state index contributed by atoms with van der Waals surface area (Å²) in [6, 6.07) is 7.97. The predicted molar refractivity (Wildman–Crippen MR) is 129 cm³/mol. The maximum Gasteiger partial charge on any atom is 0.141 e. The summed E-state index contributed by atoms with van der Waals surface area (Å²) in [4.78, 5) is 26.6. The monoisotopic (exact) mass is 444 g/mol. The molecule has 0 radical (unpaired) electrons. The third kappa shape index (κ3) is 5.42. The van der Waals surface area contributed by atoms with E-state index in [2.05, 4.69) is 37.0 Å². The van der Waals surface area contributed by atoms with Gasteiger partial charge in [0, 0.05) is 62.0 Å². The van der Waals surface area contributed by atoms with Gasteiger partial charge in [-0.25, -0.2) is 0 Å². The number of carbonyl (C=O) groups is 1. The highest BCUT2D eigenvalue weighted by molar-refractivity contribution is 5.86. The molecular weight excluding hydrogens is 412 g/mol. The van der Waals surface area contributed by atoms with Gasteiger partial charge in [0.05, 0.1) is 29.5 Å². The van der Waals surface area contributed by atoms with Crippen LogP contribution in [0.1, 0.15) is 31.4 Å². The zero-order chi connectivity index (χ0) is 22.6. The predicted octanol–water partition coefficient (Wildman–Crippen LogP) is 3.25. The molecule has 0 unspecified atom stereocenters. The Labute approximate surface area is 195 Å². The quantitative estimate of drug-likeness (QED) is 0.578. The van der Waals surface area contributed by atoms with Crippen LogP contribution in [0.2, 0.25) is 0 Å². The number of ketones is 1. The Bertz CT molecular complexity index is 1090. The van der Waals surface area contributed by atoms with Crippen LogP contribution in [0.15, 0.2) is 42.9 Å². The summed E-state index contributed by atoms with van der Waals surface area (Å²) in [5.74, 6) is 1.21. The summed E-state index contributed by atoms with van der Waals surface area (Å²) in [5, 5.41) is 9.66.